The van der Waals surface area contributed by atoms with E-state index in [0.29, 0.717) is 11.8 Å². The first-order valence-electron chi connectivity index (χ1n) is 4.10. The molecule has 2 N–H and O–H groups in total. The molecule has 0 amide bonds. The summed E-state index contributed by atoms with van der Waals surface area (Å²) in [6, 6.07) is 1.89. The quantitative estimate of drug-likeness (QED) is 0.829. The van der Waals surface area contributed by atoms with Gasteiger partial charge in [0.15, 0.2) is 0 Å². The van der Waals surface area contributed by atoms with Crippen LogP contribution in [-0.2, 0) is 6.54 Å². The standard InChI is InChI=1S/C9H9N3OS/c10-5-7-1-2-11-6-8(7)14-9-12-3-4-13-9/h1-4,6H,5,10H2. The molecular formula is C9H9N3OS. The Kier molecular flexibility index (Phi) is 2.81. The summed E-state index contributed by atoms with van der Waals surface area (Å²) in [5.41, 5.74) is 6.63. The highest BCUT2D eigenvalue weighted by Crippen LogP contribution is 2.27. The molecule has 0 saturated carbocycles. The van der Waals surface area contributed by atoms with Gasteiger partial charge in [-0.25, -0.2) is 4.98 Å². The highest BCUT2D eigenvalue weighted by atomic mass is 32.2. The van der Waals surface area contributed by atoms with E-state index in [1.165, 1.54) is 11.8 Å². The number of oxazole rings is 1. The van der Waals surface area contributed by atoms with Crippen molar-refractivity contribution in [1.82, 2.24) is 9.97 Å². The minimum absolute atomic E-state index is 0.492. The third kappa shape index (κ3) is 1.94. The van der Waals surface area contributed by atoms with Gasteiger partial charge in [-0.15, -0.1) is 0 Å². The van der Waals surface area contributed by atoms with Crippen LogP contribution in [0.2, 0.25) is 0 Å². The maximum Gasteiger partial charge on any atom is 0.260 e. The molecule has 2 aromatic heterocycles. The summed E-state index contributed by atoms with van der Waals surface area (Å²) in [5, 5.41) is 0.604. The summed E-state index contributed by atoms with van der Waals surface area (Å²) in [6.45, 7) is 0.492. The van der Waals surface area contributed by atoms with Crippen LogP contribution >= 0.6 is 11.8 Å². The van der Waals surface area contributed by atoms with E-state index in [-0.39, 0.29) is 0 Å². The SMILES string of the molecule is NCc1ccncc1Sc1ncco1. The number of nitrogens with two attached hydrogens (primary N) is 1. The number of pyridine rings is 1. The Morgan fingerprint density at radius 1 is 1.43 bits per heavy atom. The maximum absolute atomic E-state index is 5.59. The molecule has 0 radical (unpaired) electrons. The lowest BCUT2D eigenvalue weighted by Crippen LogP contribution is -1.98. The van der Waals surface area contributed by atoms with Crippen LogP contribution in [0, 0.1) is 0 Å². The molecule has 2 aromatic rings. The third-order valence-electron chi connectivity index (χ3n) is 1.70. The predicted molar refractivity (Wildman–Crippen MR) is 52.8 cm³/mol. The zero-order chi connectivity index (χ0) is 9.80. The fraction of sp³-hybridized carbons (Fsp3) is 0.111. The minimum Gasteiger partial charge on any atom is -0.440 e. The van der Waals surface area contributed by atoms with Gasteiger partial charge >= 0.3 is 0 Å². The van der Waals surface area contributed by atoms with Crippen molar-refractivity contribution in [3.63, 3.8) is 0 Å². The van der Waals surface area contributed by atoms with Crippen LogP contribution in [0.3, 0.4) is 0 Å². The molecule has 72 valence electrons. The van der Waals surface area contributed by atoms with E-state index in [1.807, 2.05) is 6.07 Å². The van der Waals surface area contributed by atoms with Crippen molar-refractivity contribution in [1.29, 1.82) is 0 Å². The van der Waals surface area contributed by atoms with Crippen molar-refractivity contribution >= 4 is 11.8 Å². The maximum atomic E-state index is 5.59. The van der Waals surface area contributed by atoms with Gasteiger partial charge in [0.05, 0.1) is 6.20 Å². The minimum atomic E-state index is 0.492. The van der Waals surface area contributed by atoms with E-state index in [4.69, 9.17) is 10.2 Å². The molecule has 4 nitrogen and oxygen atoms in total. The van der Waals surface area contributed by atoms with Gasteiger partial charge in [-0.2, -0.15) is 0 Å². The summed E-state index contributed by atoms with van der Waals surface area (Å²) < 4.78 is 5.12. The summed E-state index contributed by atoms with van der Waals surface area (Å²) in [5.74, 6) is 0. The molecule has 0 unspecified atom stereocenters. The molecule has 0 atom stereocenters. The van der Waals surface area contributed by atoms with Gasteiger partial charge in [0.25, 0.3) is 5.22 Å². The van der Waals surface area contributed by atoms with Crippen LogP contribution in [-0.4, -0.2) is 9.97 Å². The van der Waals surface area contributed by atoms with E-state index in [2.05, 4.69) is 9.97 Å². The fourth-order valence-electron chi connectivity index (χ4n) is 1.02. The first-order chi connectivity index (χ1) is 6.90. The van der Waals surface area contributed by atoms with E-state index in [1.54, 1.807) is 24.9 Å². The largest absolute Gasteiger partial charge is 0.440 e. The molecule has 0 aliphatic carbocycles. The summed E-state index contributed by atoms with van der Waals surface area (Å²) in [7, 11) is 0. The Morgan fingerprint density at radius 3 is 3.07 bits per heavy atom. The Morgan fingerprint density at radius 2 is 2.36 bits per heavy atom. The Balaban J connectivity index is 2.24. The number of nitrogens with zero attached hydrogens (tertiary/aromatic N) is 2. The van der Waals surface area contributed by atoms with E-state index in [9.17, 15) is 0 Å². The van der Waals surface area contributed by atoms with Gasteiger partial charge in [0.2, 0.25) is 0 Å². The summed E-state index contributed by atoms with van der Waals surface area (Å²) >= 11 is 1.43. The molecule has 2 rings (SSSR count). The Labute approximate surface area is 85.6 Å². The lowest BCUT2D eigenvalue weighted by Gasteiger charge is -2.02. The van der Waals surface area contributed by atoms with Crippen molar-refractivity contribution in [2.45, 2.75) is 16.7 Å². The summed E-state index contributed by atoms with van der Waals surface area (Å²) in [6.07, 6.45) is 6.64. The molecule has 0 spiro atoms. The van der Waals surface area contributed by atoms with Crippen molar-refractivity contribution in [3.05, 3.63) is 36.5 Å². The van der Waals surface area contributed by atoms with Crippen molar-refractivity contribution in [2.75, 3.05) is 0 Å². The molecule has 0 aliphatic heterocycles. The molecule has 5 heteroatoms. The van der Waals surface area contributed by atoms with Crippen LogP contribution in [0.4, 0.5) is 0 Å². The molecule has 14 heavy (non-hydrogen) atoms. The second-order valence-electron chi connectivity index (χ2n) is 2.59. The van der Waals surface area contributed by atoms with E-state index < -0.39 is 0 Å². The summed E-state index contributed by atoms with van der Waals surface area (Å²) in [4.78, 5) is 9.03. The molecule has 0 bridgehead atoms. The smallest absolute Gasteiger partial charge is 0.260 e. The molecule has 0 aliphatic rings. The van der Waals surface area contributed by atoms with Gasteiger partial charge in [0, 0.05) is 23.8 Å². The van der Waals surface area contributed by atoms with Crippen LogP contribution < -0.4 is 5.73 Å². The van der Waals surface area contributed by atoms with Crippen LogP contribution in [0.1, 0.15) is 5.56 Å². The van der Waals surface area contributed by atoms with Gasteiger partial charge < -0.3 is 10.2 Å². The van der Waals surface area contributed by atoms with Crippen LogP contribution in [0.25, 0.3) is 0 Å². The molecule has 0 aromatic carbocycles. The highest BCUT2D eigenvalue weighted by molar-refractivity contribution is 7.99. The lowest BCUT2D eigenvalue weighted by atomic mass is 10.3. The van der Waals surface area contributed by atoms with E-state index >= 15 is 0 Å². The van der Waals surface area contributed by atoms with Gasteiger partial charge in [-0.05, 0) is 23.4 Å². The molecule has 0 fully saturated rings. The Bertz CT molecular complexity index is 402. The van der Waals surface area contributed by atoms with Crippen LogP contribution in [0.15, 0.2) is 45.5 Å². The van der Waals surface area contributed by atoms with Crippen molar-refractivity contribution < 1.29 is 4.42 Å². The topological polar surface area (TPSA) is 64.9 Å². The van der Waals surface area contributed by atoms with Crippen molar-refractivity contribution in [3.8, 4) is 0 Å². The Hall–Kier alpha value is -1.33. The second-order valence-corrected chi connectivity index (χ2v) is 3.58. The fourth-order valence-corrected chi connectivity index (χ4v) is 1.83. The zero-order valence-electron chi connectivity index (χ0n) is 7.38. The monoisotopic (exact) mass is 207 g/mol. The van der Waals surface area contributed by atoms with Crippen molar-refractivity contribution in [2.24, 2.45) is 5.73 Å². The first kappa shape index (κ1) is 9.23. The average Bonchev–Trinajstić information content (AvgIpc) is 2.71. The van der Waals surface area contributed by atoms with Crippen LogP contribution in [0.5, 0.6) is 0 Å². The average molecular weight is 207 g/mol. The number of rotatable bonds is 3. The number of aromatic nitrogens is 2. The van der Waals surface area contributed by atoms with Gasteiger partial charge in [-0.1, -0.05) is 0 Å². The number of hydrogen-bond acceptors (Lipinski definition) is 5. The lowest BCUT2D eigenvalue weighted by molar-refractivity contribution is 0.454. The molecular weight excluding hydrogens is 198 g/mol. The highest BCUT2D eigenvalue weighted by Gasteiger charge is 2.05. The second kappa shape index (κ2) is 4.26. The van der Waals surface area contributed by atoms with Gasteiger partial charge in [0.1, 0.15) is 6.26 Å². The predicted octanol–water partition coefficient (Wildman–Crippen LogP) is 1.68. The van der Waals surface area contributed by atoms with E-state index in [0.717, 1.165) is 10.5 Å². The molecule has 2 heterocycles. The number of hydrogen-bond donors (Lipinski definition) is 1. The van der Waals surface area contributed by atoms with Gasteiger partial charge in [-0.3, -0.25) is 4.98 Å². The first-order valence-corrected chi connectivity index (χ1v) is 4.92. The molecule has 0 saturated heterocycles. The third-order valence-corrected chi connectivity index (χ3v) is 2.66. The zero-order valence-corrected chi connectivity index (χ0v) is 8.20. The normalized spacial score (nSPS) is 10.4.